The Balaban J connectivity index is 2.20. The quantitative estimate of drug-likeness (QED) is 0.676. The van der Waals surface area contributed by atoms with Crippen molar-refractivity contribution in [2.24, 2.45) is 5.92 Å². The van der Waals surface area contributed by atoms with Gasteiger partial charge in [0.25, 0.3) is 0 Å². The highest BCUT2D eigenvalue weighted by atomic mass is 14.6. The summed E-state index contributed by atoms with van der Waals surface area (Å²) in [5.74, 6) is 0.621. The van der Waals surface area contributed by atoms with E-state index in [-0.39, 0.29) is 5.92 Å². The van der Waals surface area contributed by atoms with Gasteiger partial charge in [0.1, 0.15) is 0 Å². The summed E-state index contributed by atoms with van der Waals surface area (Å²) >= 11 is 0. The van der Waals surface area contributed by atoms with Crippen LogP contribution in [0.1, 0.15) is 37.2 Å². The average Bonchev–Trinajstić information content (AvgIpc) is 2.30. The van der Waals surface area contributed by atoms with Crippen LogP contribution in [-0.4, -0.2) is 4.98 Å². The Kier molecular flexibility index (Phi) is 2.78. The van der Waals surface area contributed by atoms with Crippen molar-refractivity contribution in [3.05, 3.63) is 30.1 Å². The molecule has 2 atom stereocenters. The van der Waals surface area contributed by atoms with E-state index in [0.29, 0.717) is 5.92 Å². The molecule has 2 heteroatoms. The van der Waals surface area contributed by atoms with Gasteiger partial charge in [-0.3, -0.25) is 4.98 Å². The highest BCUT2D eigenvalue weighted by Crippen LogP contribution is 2.36. The van der Waals surface area contributed by atoms with Crippen LogP contribution in [0.3, 0.4) is 0 Å². The van der Waals surface area contributed by atoms with E-state index in [0.717, 1.165) is 12.8 Å². The zero-order valence-corrected chi connectivity index (χ0v) is 8.19. The predicted octanol–water partition coefficient (Wildman–Crippen LogP) is 2.88. The van der Waals surface area contributed by atoms with E-state index in [4.69, 9.17) is 5.26 Å². The van der Waals surface area contributed by atoms with Crippen molar-refractivity contribution in [2.75, 3.05) is 0 Å². The van der Waals surface area contributed by atoms with Gasteiger partial charge in [-0.05, 0) is 24.5 Å². The van der Waals surface area contributed by atoms with Crippen molar-refractivity contribution in [3.63, 3.8) is 0 Å². The fourth-order valence-corrected chi connectivity index (χ4v) is 2.28. The van der Waals surface area contributed by atoms with Crippen LogP contribution in [0.4, 0.5) is 0 Å². The first kappa shape index (κ1) is 9.21. The lowest BCUT2D eigenvalue weighted by Crippen LogP contribution is -2.16. The molecule has 2 rings (SSSR count). The summed E-state index contributed by atoms with van der Waals surface area (Å²) in [5, 5.41) is 9.05. The SMILES string of the molecule is N#CC1CCCCC1c1cccnc1. The molecule has 0 spiro atoms. The van der Waals surface area contributed by atoms with Gasteiger partial charge in [0.2, 0.25) is 0 Å². The third-order valence-corrected chi connectivity index (χ3v) is 3.04. The molecule has 0 N–H and O–H groups in total. The molecule has 0 bridgehead atoms. The molecule has 1 aliphatic rings. The lowest BCUT2D eigenvalue weighted by Gasteiger charge is -2.26. The third kappa shape index (κ3) is 1.77. The van der Waals surface area contributed by atoms with E-state index in [1.807, 2.05) is 12.3 Å². The van der Waals surface area contributed by atoms with Gasteiger partial charge >= 0.3 is 0 Å². The lowest BCUT2D eigenvalue weighted by atomic mass is 9.77. The Hall–Kier alpha value is -1.36. The summed E-state index contributed by atoms with van der Waals surface area (Å²) in [7, 11) is 0. The largest absolute Gasteiger partial charge is 0.264 e. The first-order valence-electron chi connectivity index (χ1n) is 5.21. The van der Waals surface area contributed by atoms with Crippen LogP contribution in [0.2, 0.25) is 0 Å². The maximum atomic E-state index is 9.05. The van der Waals surface area contributed by atoms with Gasteiger partial charge in [-0.25, -0.2) is 0 Å². The second-order valence-electron chi connectivity index (χ2n) is 3.91. The molecular formula is C12H14N2. The normalized spacial score (nSPS) is 26.8. The Morgan fingerprint density at radius 2 is 2.21 bits per heavy atom. The Labute approximate surface area is 84.6 Å². The zero-order valence-electron chi connectivity index (χ0n) is 8.19. The minimum Gasteiger partial charge on any atom is -0.264 e. The zero-order chi connectivity index (χ0) is 9.80. The van der Waals surface area contributed by atoms with Crippen LogP contribution in [0.15, 0.2) is 24.5 Å². The van der Waals surface area contributed by atoms with E-state index < -0.39 is 0 Å². The molecule has 72 valence electrons. The molecule has 2 nitrogen and oxygen atoms in total. The molecule has 1 aliphatic carbocycles. The summed E-state index contributed by atoms with van der Waals surface area (Å²) in [5.41, 5.74) is 1.23. The van der Waals surface area contributed by atoms with E-state index in [1.165, 1.54) is 18.4 Å². The van der Waals surface area contributed by atoms with Gasteiger partial charge in [-0.1, -0.05) is 18.9 Å². The van der Waals surface area contributed by atoms with Gasteiger partial charge < -0.3 is 0 Å². The van der Waals surface area contributed by atoms with Crippen LogP contribution in [0, 0.1) is 17.2 Å². The fraction of sp³-hybridized carbons (Fsp3) is 0.500. The van der Waals surface area contributed by atoms with Crippen LogP contribution in [0.25, 0.3) is 0 Å². The second kappa shape index (κ2) is 4.23. The Bertz CT molecular complexity index is 326. The van der Waals surface area contributed by atoms with Crippen LogP contribution in [-0.2, 0) is 0 Å². The van der Waals surface area contributed by atoms with Crippen molar-refractivity contribution in [1.29, 1.82) is 5.26 Å². The van der Waals surface area contributed by atoms with Crippen molar-refractivity contribution in [1.82, 2.24) is 4.98 Å². The number of nitriles is 1. The number of pyridine rings is 1. The molecule has 1 fully saturated rings. The third-order valence-electron chi connectivity index (χ3n) is 3.04. The Morgan fingerprint density at radius 3 is 2.93 bits per heavy atom. The minimum atomic E-state index is 0.202. The van der Waals surface area contributed by atoms with Gasteiger partial charge in [-0.2, -0.15) is 5.26 Å². The van der Waals surface area contributed by atoms with Crippen molar-refractivity contribution in [3.8, 4) is 6.07 Å². The molecule has 1 heterocycles. The maximum Gasteiger partial charge on any atom is 0.0662 e. The van der Waals surface area contributed by atoms with Crippen molar-refractivity contribution < 1.29 is 0 Å². The molecule has 0 saturated heterocycles. The molecule has 0 aliphatic heterocycles. The van der Waals surface area contributed by atoms with E-state index in [1.54, 1.807) is 6.20 Å². The number of rotatable bonds is 1. The molecule has 14 heavy (non-hydrogen) atoms. The maximum absolute atomic E-state index is 9.05. The summed E-state index contributed by atoms with van der Waals surface area (Å²) in [6.45, 7) is 0. The fourth-order valence-electron chi connectivity index (χ4n) is 2.28. The van der Waals surface area contributed by atoms with Crippen molar-refractivity contribution >= 4 is 0 Å². The molecule has 0 amide bonds. The minimum absolute atomic E-state index is 0.202. The summed E-state index contributed by atoms with van der Waals surface area (Å²) in [6.07, 6.45) is 8.33. The molecule has 1 aromatic heterocycles. The van der Waals surface area contributed by atoms with Crippen LogP contribution < -0.4 is 0 Å². The van der Waals surface area contributed by atoms with Gasteiger partial charge in [0.05, 0.1) is 12.0 Å². The standard InChI is InChI=1S/C12H14N2/c13-8-10-4-1-2-6-12(10)11-5-3-7-14-9-11/h3,5,7,9-10,12H,1-2,4,6H2. The summed E-state index contributed by atoms with van der Waals surface area (Å²) in [6, 6.07) is 6.47. The average molecular weight is 186 g/mol. The smallest absolute Gasteiger partial charge is 0.0662 e. The molecule has 2 unspecified atom stereocenters. The van der Waals surface area contributed by atoms with Crippen LogP contribution in [0.5, 0.6) is 0 Å². The monoisotopic (exact) mass is 186 g/mol. The molecule has 1 saturated carbocycles. The van der Waals surface area contributed by atoms with Gasteiger partial charge in [0, 0.05) is 18.3 Å². The number of aromatic nitrogens is 1. The summed E-state index contributed by atoms with van der Waals surface area (Å²) in [4.78, 5) is 4.12. The first-order valence-corrected chi connectivity index (χ1v) is 5.21. The molecule has 0 radical (unpaired) electrons. The van der Waals surface area contributed by atoms with Crippen molar-refractivity contribution in [2.45, 2.75) is 31.6 Å². The van der Waals surface area contributed by atoms with E-state index in [2.05, 4.69) is 17.1 Å². The predicted molar refractivity (Wildman–Crippen MR) is 54.5 cm³/mol. The summed E-state index contributed by atoms with van der Waals surface area (Å²) < 4.78 is 0. The lowest BCUT2D eigenvalue weighted by molar-refractivity contribution is 0.369. The molecule has 0 aromatic carbocycles. The number of nitrogens with zero attached hydrogens (tertiary/aromatic N) is 2. The highest BCUT2D eigenvalue weighted by molar-refractivity contribution is 5.18. The topological polar surface area (TPSA) is 36.7 Å². The van der Waals surface area contributed by atoms with Gasteiger partial charge in [-0.15, -0.1) is 0 Å². The van der Waals surface area contributed by atoms with Gasteiger partial charge in [0.15, 0.2) is 0 Å². The second-order valence-corrected chi connectivity index (χ2v) is 3.91. The number of hydrogen-bond donors (Lipinski definition) is 0. The van der Waals surface area contributed by atoms with E-state index >= 15 is 0 Å². The Morgan fingerprint density at radius 1 is 1.36 bits per heavy atom. The highest BCUT2D eigenvalue weighted by Gasteiger charge is 2.26. The van der Waals surface area contributed by atoms with Crippen LogP contribution >= 0.6 is 0 Å². The number of hydrogen-bond acceptors (Lipinski definition) is 2. The first-order chi connectivity index (χ1) is 6.92. The molecule has 1 aromatic rings. The van der Waals surface area contributed by atoms with E-state index in [9.17, 15) is 0 Å². The molecular weight excluding hydrogens is 172 g/mol.